The van der Waals surface area contributed by atoms with Crippen LogP contribution < -0.4 is 10.6 Å². The molecule has 0 aliphatic rings. The SMILES string of the molecule is [2H]OC([2H])([2H])[C@@]([2H])(N([2H])C([2H])([2H])C([2H])([2H])N([2H])[C@]([2H])(C([2H])([2H])O[2H])C([2H])([2H])C([2H])([2H])[2H])C([2H])([2H])C([2H])([2H])[2H]. The highest BCUT2D eigenvalue weighted by Crippen LogP contribution is 1.89. The van der Waals surface area contributed by atoms with Gasteiger partial charge in [0.05, 0.1) is 18.6 Å². The first-order valence-electron chi connectivity index (χ1n) is 14.8. The molecule has 0 fully saturated rings. The van der Waals surface area contributed by atoms with Crippen LogP contribution in [0.4, 0.5) is 0 Å². The molecule has 0 aromatic rings. The van der Waals surface area contributed by atoms with Crippen molar-refractivity contribution in [2.24, 2.45) is 0 Å². The molecule has 4 nitrogen and oxygen atoms in total. The van der Waals surface area contributed by atoms with Crippen LogP contribution in [-0.2, 0) is 0 Å². The summed E-state index contributed by atoms with van der Waals surface area (Å²) in [7, 11) is 0. The van der Waals surface area contributed by atoms with E-state index in [0.29, 0.717) is 0 Å². The zero-order valence-corrected chi connectivity index (χ0v) is 6.71. The highest BCUT2D eigenvalue weighted by atomic mass is 16.3. The molecule has 4 N–H and O–H groups in total. The molecule has 0 unspecified atom stereocenters. The molecule has 0 aliphatic heterocycles. The molecule has 0 heterocycles. The number of rotatable bonds is 11. The van der Waals surface area contributed by atoms with Crippen molar-refractivity contribution < 1.29 is 40.5 Å². The largest absolute Gasteiger partial charge is 0.395 e. The second-order valence-electron chi connectivity index (χ2n) is 1.60. The molecule has 0 amide bonds. The van der Waals surface area contributed by atoms with Crippen molar-refractivity contribution in [1.29, 1.82) is 2.86 Å². The number of nitrogens with one attached hydrogen (secondary N) is 2. The average molecular weight is 228 g/mol. The first kappa shape index (κ1) is 1.68. The van der Waals surface area contributed by atoms with Crippen LogP contribution >= 0.6 is 0 Å². The van der Waals surface area contributed by atoms with E-state index in [1.807, 2.05) is 0 Å². The molecule has 4 heteroatoms. The Morgan fingerprint density at radius 2 is 1.79 bits per heavy atom. The Kier molecular flexibility index (Phi) is 1.13. The lowest BCUT2D eigenvalue weighted by Gasteiger charge is -2.17. The van der Waals surface area contributed by atoms with Crippen LogP contribution in [-0.4, -0.2) is 51.2 Å². The van der Waals surface area contributed by atoms with Gasteiger partial charge in [-0.3, -0.25) is 0 Å². The van der Waals surface area contributed by atoms with Crippen molar-refractivity contribution in [1.82, 2.24) is 10.6 Å². The molecule has 14 heavy (non-hydrogen) atoms. The van der Waals surface area contributed by atoms with E-state index < -0.39 is 75.2 Å². The van der Waals surface area contributed by atoms with E-state index >= 15 is 0 Å². The van der Waals surface area contributed by atoms with Crippen molar-refractivity contribution >= 4 is 0 Å². The molecule has 0 aromatic heterocycles. The van der Waals surface area contributed by atoms with E-state index in [1.165, 1.54) is 0 Å². The van der Waals surface area contributed by atoms with E-state index in [1.54, 1.807) is 0 Å². The lowest BCUT2D eigenvalue weighted by atomic mass is 10.2. The molecule has 0 spiro atoms. The molecule has 2 atom stereocenters. The van der Waals surface area contributed by atoms with Gasteiger partial charge in [0.2, 0.25) is 2.86 Å². The van der Waals surface area contributed by atoms with E-state index in [0.717, 1.165) is 0 Å². The average Bonchev–Trinajstić information content (AvgIpc) is 2.74. The van der Waals surface area contributed by atoms with Gasteiger partial charge >= 0.3 is 0 Å². The maximum Gasteiger partial charge on any atom is 0.210 e. The van der Waals surface area contributed by atoms with Crippen molar-refractivity contribution in [2.45, 2.75) is 38.5 Å². The summed E-state index contributed by atoms with van der Waals surface area (Å²) >= 11 is 0. The summed E-state index contributed by atoms with van der Waals surface area (Å²) in [4.78, 5) is 0. The standard InChI is InChI=1S/C10H24N2O2/c1-3-9(7-13)11-5-6-12-10(4-2)8-14/h9-14H,3-8H2,1-2H3/t9-,10-/m0/s1/i1D3,2D3,3D2,4D2,5D2,6D2,7D2,8D2,9D,10D,13D,14D/hD2. The fourth-order valence-electron chi connectivity index (χ4n) is 0.314. The van der Waals surface area contributed by atoms with Gasteiger partial charge in [-0.1, -0.05) is 13.7 Å². The van der Waals surface area contributed by atoms with Crippen molar-refractivity contribution in [3.05, 3.63) is 0 Å². The van der Waals surface area contributed by atoms with Crippen LogP contribution in [0.3, 0.4) is 0 Å². The molecule has 0 aliphatic carbocycles. The van der Waals surface area contributed by atoms with Crippen LogP contribution in [0.1, 0.15) is 53.9 Å². The van der Waals surface area contributed by atoms with Crippen LogP contribution in [0.15, 0.2) is 0 Å². The summed E-state index contributed by atoms with van der Waals surface area (Å²) in [6.07, 6.45) is -8.79. The highest BCUT2D eigenvalue weighted by molar-refractivity contribution is 4.67. The lowest BCUT2D eigenvalue weighted by Crippen LogP contribution is -2.40. The summed E-state index contributed by atoms with van der Waals surface area (Å²) in [6, 6.07) is -9.16. The van der Waals surface area contributed by atoms with E-state index in [9.17, 15) is 0 Å². The van der Waals surface area contributed by atoms with Crippen LogP contribution in [0.2, 0.25) is 2.82 Å². The van der Waals surface area contributed by atoms with E-state index in [2.05, 4.69) is 10.2 Å². The second kappa shape index (κ2) is 9.40. The predicted molar refractivity (Wildman–Crippen MR) is 58.3 cm³/mol. The van der Waals surface area contributed by atoms with Crippen molar-refractivity contribution in [3.8, 4) is 0 Å². The van der Waals surface area contributed by atoms with E-state index in [-0.39, 0.29) is 0 Å². The topological polar surface area (TPSA) is 64.5 Å². The number of aliphatic hydroxyl groups is 2. The molecule has 0 radical (unpaired) electrons. The third kappa shape index (κ3) is 6.32. The summed E-state index contributed by atoms with van der Waals surface area (Å²) < 4.78 is 183. The van der Waals surface area contributed by atoms with E-state index in [4.69, 9.17) is 33.1 Å². The Balaban J connectivity index is 7.55. The van der Waals surface area contributed by atoms with Crippen molar-refractivity contribution in [3.63, 3.8) is 0 Å². The summed E-state index contributed by atoms with van der Waals surface area (Å²) in [5.41, 5.74) is 0. The minimum absolute atomic E-state index is 1.36. The summed E-state index contributed by atoms with van der Waals surface area (Å²) in [6.45, 7) is -26.1. The molecular formula is C10H24N2O2. The lowest BCUT2D eigenvalue weighted by molar-refractivity contribution is 0.229. The van der Waals surface area contributed by atoms with Crippen LogP contribution in [0, 0.1) is 0 Å². The second-order valence-corrected chi connectivity index (χ2v) is 1.60. The molecule has 0 rings (SSSR count). The van der Waals surface area contributed by atoms with Gasteiger partial charge in [0.25, 0.3) is 0 Å². The van der Waals surface area contributed by atoms with Gasteiger partial charge in [0.15, 0.2) is 0 Å². The van der Waals surface area contributed by atoms with Gasteiger partial charge in [-0.25, -0.2) is 0 Å². The van der Waals surface area contributed by atoms with Gasteiger partial charge in [-0.15, -0.1) is 0 Å². The number of hydrogen-bond acceptors (Lipinski definition) is 4. The zero-order valence-electron chi connectivity index (χ0n) is 30.7. The normalized spacial score (nSPS) is 53.6. The zero-order chi connectivity index (χ0) is 31.6. The Bertz CT molecular complexity index is 769. The Labute approximate surface area is 121 Å². The molecular weight excluding hydrogens is 180 g/mol. The molecule has 0 saturated carbocycles. The Morgan fingerprint density at radius 1 is 1.29 bits per heavy atom. The first-order chi connectivity index (χ1) is 16.2. The maximum atomic E-state index is 8.16. The fourth-order valence-corrected chi connectivity index (χ4v) is 0.314. The minimum atomic E-state index is -4.66. The molecule has 86 valence electrons. The molecule has 0 aromatic carbocycles. The van der Waals surface area contributed by atoms with Crippen LogP contribution in [0.5, 0.6) is 0 Å². The monoisotopic (exact) mass is 228 g/mol. The van der Waals surface area contributed by atoms with Gasteiger partial charge in [-0.2, -0.15) is 0 Å². The van der Waals surface area contributed by atoms with Crippen molar-refractivity contribution in [2.75, 3.05) is 26.1 Å². The summed E-state index contributed by atoms with van der Waals surface area (Å²) in [5, 5.41) is 4.35. The molecule has 0 bridgehead atoms. The fraction of sp³-hybridized carbons (Fsp3) is 1.00. The van der Waals surface area contributed by atoms with Gasteiger partial charge in [0.1, 0.15) is 2.82 Å². The Morgan fingerprint density at radius 3 is 2.14 bits per heavy atom. The predicted octanol–water partition coefficient (Wildman–Crippen LogP) is -0.293. The highest BCUT2D eigenvalue weighted by Gasteiger charge is 2.04. The van der Waals surface area contributed by atoms with Gasteiger partial charge in [-0.05, 0) is 12.7 Å². The van der Waals surface area contributed by atoms with Gasteiger partial charge in [0, 0.05) is 47.0 Å². The van der Waals surface area contributed by atoms with Gasteiger partial charge < -0.3 is 20.8 Å². The Hall–Kier alpha value is -0.160. The maximum absolute atomic E-state index is 8.16. The smallest absolute Gasteiger partial charge is 0.210 e. The third-order valence-electron chi connectivity index (χ3n) is 0.816. The third-order valence-corrected chi connectivity index (χ3v) is 0.816. The number of hydrogen-bond donors (Lipinski definition) is 4. The summed E-state index contributed by atoms with van der Waals surface area (Å²) in [5.74, 6) is 0. The quantitative estimate of drug-likeness (QED) is 0.392. The molecule has 0 saturated heterocycles. The first-order valence-corrected chi connectivity index (χ1v) is 3.05. The van der Waals surface area contributed by atoms with Crippen LogP contribution in [0.25, 0.3) is 0 Å². The minimum Gasteiger partial charge on any atom is -0.395 e.